The van der Waals surface area contributed by atoms with Gasteiger partial charge >= 0.3 is 13.3 Å². The maximum absolute atomic E-state index is 12.7. The number of hydrogen-bond acceptors (Lipinski definition) is 5. The SMILES string of the molecule is O=C(Cc1ccc2c(c1)B(O)OC(C(F)(F)F)=N2)Nc1ccc2cnccc2c1. The molecule has 3 aromatic rings. The van der Waals surface area contributed by atoms with Crippen LogP contribution >= 0.6 is 0 Å². The minimum Gasteiger partial charge on any atom is -0.515 e. The highest BCUT2D eigenvalue weighted by Crippen LogP contribution is 2.26. The Kier molecular flexibility index (Phi) is 4.71. The zero-order chi connectivity index (χ0) is 20.6. The van der Waals surface area contributed by atoms with Gasteiger partial charge in [0.05, 0.1) is 12.1 Å². The smallest absolute Gasteiger partial charge is 0.515 e. The van der Waals surface area contributed by atoms with E-state index in [1.54, 1.807) is 18.5 Å². The maximum Gasteiger partial charge on any atom is 0.563 e. The van der Waals surface area contributed by atoms with Gasteiger partial charge in [-0.25, -0.2) is 4.99 Å². The second-order valence-electron chi connectivity index (χ2n) is 6.44. The summed E-state index contributed by atoms with van der Waals surface area (Å²) in [6.45, 7) is 0. The third kappa shape index (κ3) is 4.07. The molecule has 2 N–H and O–H groups in total. The molecular formula is C19H13BF3N3O3. The van der Waals surface area contributed by atoms with Crippen molar-refractivity contribution in [3.8, 4) is 0 Å². The number of aliphatic imine (C=N–C) groups is 1. The van der Waals surface area contributed by atoms with E-state index in [0.717, 1.165) is 10.8 Å². The number of alkyl halides is 3. The van der Waals surface area contributed by atoms with Crippen LogP contribution in [0.1, 0.15) is 5.56 Å². The molecule has 0 spiro atoms. The lowest BCUT2D eigenvalue weighted by atomic mass is 9.76. The van der Waals surface area contributed by atoms with Crippen molar-refractivity contribution >= 4 is 46.5 Å². The average Bonchev–Trinajstić information content (AvgIpc) is 2.67. The van der Waals surface area contributed by atoms with E-state index in [1.807, 2.05) is 18.2 Å². The van der Waals surface area contributed by atoms with Crippen molar-refractivity contribution in [1.82, 2.24) is 4.98 Å². The lowest BCUT2D eigenvalue weighted by molar-refractivity contribution is -0.115. The molecular weight excluding hydrogens is 386 g/mol. The predicted molar refractivity (Wildman–Crippen MR) is 102 cm³/mol. The van der Waals surface area contributed by atoms with Gasteiger partial charge in [0.1, 0.15) is 0 Å². The third-order valence-corrected chi connectivity index (χ3v) is 4.33. The number of nitrogens with one attached hydrogen (secondary N) is 1. The number of carbonyl (C=O) groups is 1. The first kappa shape index (κ1) is 18.9. The monoisotopic (exact) mass is 399 g/mol. The highest BCUT2D eigenvalue weighted by Gasteiger charge is 2.43. The molecule has 2 aromatic carbocycles. The Labute approximate surface area is 163 Å². The number of halogens is 3. The van der Waals surface area contributed by atoms with Gasteiger partial charge < -0.3 is 15.0 Å². The van der Waals surface area contributed by atoms with Crippen molar-refractivity contribution in [2.24, 2.45) is 4.99 Å². The summed E-state index contributed by atoms with van der Waals surface area (Å²) >= 11 is 0. The van der Waals surface area contributed by atoms with Crippen molar-refractivity contribution in [3.63, 3.8) is 0 Å². The molecule has 0 unspecified atom stereocenters. The molecule has 0 saturated heterocycles. The third-order valence-electron chi connectivity index (χ3n) is 4.33. The van der Waals surface area contributed by atoms with Gasteiger partial charge in [0.25, 0.3) is 5.90 Å². The zero-order valence-electron chi connectivity index (χ0n) is 14.8. The molecule has 1 amide bonds. The number of carbonyl (C=O) groups excluding carboxylic acids is 1. The van der Waals surface area contributed by atoms with Crippen molar-refractivity contribution < 1.29 is 27.6 Å². The summed E-state index contributed by atoms with van der Waals surface area (Å²) in [5, 5.41) is 14.5. The second kappa shape index (κ2) is 7.21. The fraction of sp³-hybridized carbons (Fsp3) is 0.105. The van der Waals surface area contributed by atoms with E-state index in [9.17, 15) is 23.0 Å². The molecule has 1 aliphatic heterocycles. The van der Waals surface area contributed by atoms with Crippen LogP contribution in [-0.4, -0.2) is 35.1 Å². The number of nitrogens with zero attached hydrogens (tertiary/aromatic N) is 2. The summed E-state index contributed by atoms with van der Waals surface area (Å²) in [5.74, 6) is -1.82. The molecule has 0 atom stereocenters. The van der Waals surface area contributed by atoms with Crippen molar-refractivity contribution in [2.45, 2.75) is 12.6 Å². The van der Waals surface area contributed by atoms with Gasteiger partial charge in [0, 0.05) is 28.9 Å². The van der Waals surface area contributed by atoms with Crippen molar-refractivity contribution in [2.75, 3.05) is 5.32 Å². The molecule has 146 valence electrons. The number of pyridine rings is 1. The molecule has 1 aliphatic rings. The number of amides is 1. The van der Waals surface area contributed by atoms with E-state index >= 15 is 0 Å². The van der Waals surface area contributed by atoms with Gasteiger partial charge in [-0.1, -0.05) is 18.2 Å². The average molecular weight is 399 g/mol. The van der Waals surface area contributed by atoms with E-state index in [-0.39, 0.29) is 23.5 Å². The standard InChI is InChI=1S/C19H13BF3N3O3/c21-19(22,23)18-26-16-4-1-11(7-15(16)20(28)29-18)8-17(27)25-14-3-2-13-10-24-6-5-12(13)9-14/h1-7,9-10,28H,8H2,(H,25,27). The zero-order valence-corrected chi connectivity index (χ0v) is 14.8. The summed E-state index contributed by atoms with van der Waals surface area (Å²) < 4.78 is 42.7. The molecule has 0 aliphatic carbocycles. The van der Waals surface area contributed by atoms with Gasteiger partial charge in [-0.15, -0.1) is 0 Å². The Morgan fingerprint density at radius 2 is 1.97 bits per heavy atom. The van der Waals surface area contributed by atoms with Crippen LogP contribution < -0.4 is 10.8 Å². The van der Waals surface area contributed by atoms with Crippen LogP contribution in [0.3, 0.4) is 0 Å². The van der Waals surface area contributed by atoms with Crippen molar-refractivity contribution in [1.29, 1.82) is 0 Å². The molecule has 6 nitrogen and oxygen atoms in total. The number of rotatable bonds is 3. The van der Waals surface area contributed by atoms with Crippen LogP contribution in [0, 0.1) is 0 Å². The normalized spacial score (nSPS) is 13.5. The molecule has 0 saturated carbocycles. The van der Waals surface area contributed by atoms with E-state index in [0.29, 0.717) is 11.3 Å². The molecule has 10 heteroatoms. The predicted octanol–water partition coefficient (Wildman–Crippen LogP) is 2.73. The molecule has 1 aromatic heterocycles. The Morgan fingerprint density at radius 3 is 2.76 bits per heavy atom. The van der Waals surface area contributed by atoms with Gasteiger partial charge in [-0.05, 0) is 35.2 Å². The molecule has 2 heterocycles. The highest BCUT2D eigenvalue weighted by atomic mass is 19.4. The van der Waals surface area contributed by atoms with Gasteiger partial charge in [-0.2, -0.15) is 13.2 Å². The number of benzene rings is 2. The summed E-state index contributed by atoms with van der Waals surface area (Å²) in [7, 11) is -1.81. The number of aromatic nitrogens is 1. The topological polar surface area (TPSA) is 83.8 Å². The molecule has 4 rings (SSSR count). The van der Waals surface area contributed by atoms with Crippen LogP contribution in [0.2, 0.25) is 0 Å². The maximum atomic E-state index is 12.7. The Balaban J connectivity index is 1.50. The van der Waals surface area contributed by atoms with E-state index in [2.05, 4.69) is 19.9 Å². The first-order valence-electron chi connectivity index (χ1n) is 8.57. The first-order chi connectivity index (χ1) is 13.8. The fourth-order valence-corrected chi connectivity index (χ4v) is 3.00. The van der Waals surface area contributed by atoms with Gasteiger partial charge in [0.2, 0.25) is 5.91 Å². The molecule has 0 bridgehead atoms. The van der Waals surface area contributed by atoms with E-state index in [4.69, 9.17) is 0 Å². The number of anilines is 1. The van der Waals surface area contributed by atoms with Gasteiger partial charge in [0.15, 0.2) is 0 Å². The van der Waals surface area contributed by atoms with E-state index < -0.39 is 19.2 Å². The largest absolute Gasteiger partial charge is 0.563 e. The van der Waals surface area contributed by atoms with Crippen LogP contribution in [0.15, 0.2) is 59.9 Å². The lowest BCUT2D eigenvalue weighted by Gasteiger charge is -2.21. The van der Waals surface area contributed by atoms with Gasteiger partial charge in [-0.3, -0.25) is 9.78 Å². The summed E-state index contributed by atoms with van der Waals surface area (Å²) in [6, 6.07) is 11.4. The molecule has 0 fully saturated rings. The second-order valence-corrected chi connectivity index (χ2v) is 6.44. The van der Waals surface area contributed by atoms with E-state index in [1.165, 1.54) is 18.2 Å². The Morgan fingerprint density at radius 1 is 1.14 bits per heavy atom. The minimum absolute atomic E-state index is 0.0375. The fourth-order valence-electron chi connectivity index (χ4n) is 3.00. The quantitative estimate of drug-likeness (QED) is 0.664. The molecule has 0 radical (unpaired) electrons. The van der Waals surface area contributed by atoms with Crippen molar-refractivity contribution in [3.05, 3.63) is 60.4 Å². The van der Waals surface area contributed by atoms with Crippen LogP contribution in [0.25, 0.3) is 10.8 Å². The first-order valence-corrected chi connectivity index (χ1v) is 8.57. The summed E-state index contributed by atoms with van der Waals surface area (Å²) in [4.78, 5) is 19.8. The lowest BCUT2D eigenvalue weighted by Crippen LogP contribution is -2.43. The Bertz CT molecular complexity index is 1130. The Hall–Kier alpha value is -3.40. The van der Waals surface area contributed by atoms with Crippen LogP contribution in [0.5, 0.6) is 0 Å². The van der Waals surface area contributed by atoms with Crippen LogP contribution in [0.4, 0.5) is 24.5 Å². The number of fused-ring (bicyclic) bond motifs is 2. The number of hydrogen-bond donors (Lipinski definition) is 2. The highest BCUT2D eigenvalue weighted by molar-refractivity contribution is 6.64. The summed E-state index contributed by atoms with van der Waals surface area (Å²) in [5.41, 5.74) is 1.12. The van der Waals surface area contributed by atoms with Crippen LogP contribution in [-0.2, 0) is 15.9 Å². The minimum atomic E-state index is -4.80. The molecule has 29 heavy (non-hydrogen) atoms. The summed E-state index contributed by atoms with van der Waals surface area (Å²) in [6.07, 6.45) is -1.47.